The Hall–Kier alpha value is -3.16. The van der Waals surface area contributed by atoms with Gasteiger partial charge in [-0.2, -0.15) is 0 Å². The van der Waals surface area contributed by atoms with Crippen molar-refractivity contribution < 1.29 is 19.6 Å². The van der Waals surface area contributed by atoms with Crippen LogP contribution in [0, 0.1) is 10.1 Å². The van der Waals surface area contributed by atoms with Gasteiger partial charge in [0.05, 0.1) is 18.2 Å². The second-order valence-corrected chi connectivity index (χ2v) is 3.87. The van der Waals surface area contributed by atoms with Gasteiger partial charge in [0, 0.05) is 17.7 Å². The summed E-state index contributed by atoms with van der Waals surface area (Å²) in [5, 5.41) is 22.0. The summed E-state index contributed by atoms with van der Waals surface area (Å²) in [6.07, 6.45) is 2.35. The highest BCUT2D eigenvalue weighted by molar-refractivity contribution is 5.80. The molecule has 0 fully saturated rings. The zero-order chi connectivity index (χ0) is 15.2. The molecule has 1 aromatic heterocycles. The number of rotatable bonds is 5. The zero-order valence-corrected chi connectivity index (χ0v) is 11.0. The molecule has 8 heteroatoms. The van der Waals surface area contributed by atoms with Crippen molar-refractivity contribution in [2.45, 2.75) is 0 Å². The van der Waals surface area contributed by atoms with Gasteiger partial charge in [-0.15, -0.1) is 0 Å². The SMILES string of the molecule is COc1cc(/C=N/O)ccc1Oc1ccc([N+](=O)[O-])cn1. The molecule has 0 unspecified atom stereocenters. The van der Waals surface area contributed by atoms with Gasteiger partial charge in [-0.1, -0.05) is 5.16 Å². The molecular weight excluding hydrogens is 278 g/mol. The molecule has 0 saturated carbocycles. The molecular formula is C13H11N3O5. The Kier molecular flexibility index (Phi) is 4.30. The third-order valence-corrected chi connectivity index (χ3v) is 2.54. The molecule has 108 valence electrons. The largest absolute Gasteiger partial charge is 0.493 e. The fourth-order valence-corrected chi connectivity index (χ4v) is 1.57. The van der Waals surface area contributed by atoms with Crippen LogP contribution in [0.25, 0.3) is 0 Å². The molecule has 1 aromatic carbocycles. The van der Waals surface area contributed by atoms with Crippen LogP contribution in [0.4, 0.5) is 5.69 Å². The van der Waals surface area contributed by atoms with Gasteiger partial charge in [-0.05, 0) is 18.2 Å². The lowest BCUT2D eigenvalue weighted by molar-refractivity contribution is -0.385. The van der Waals surface area contributed by atoms with Gasteiger partial charge < -0.3 is 14.7 Å². The number of benzene rings is 1. The van der Waals surface area contributed by atoms with Crippen LogP contribution in [0.15, 0.2) is 41.7 Å². The van der Waals surface area contributed by atoms with Crippen LogP contribution in [-0.4, -0.2) is 28.4 Å². The highest BCUT2D eigenvalue weighted by Crippen LogP contribution is 2.31. The Morgan fingerprint density at radius 1 is 1.33 bits per heavy atom. The van der Waals surface area contributed by atoms with Crippen LogP contribution in [0.1, 0.15) is 5.56 Å². The summed E-state index contributed by atoms with van der Waals surface area (Å²) in [4.78, 5) is 13.8. The van der Waals surface area contributed by atoms with Gasteiger partial charge in [0.25, 0.3) is 5.69 Å². The summed E-state index contributed by atoms with van der Waals surface area (Å²) in [6, 6.07) is 7.56. The number of methoxy groups -OCH3 is 1. The van der Waals surface area contributed by atoms with E-state index in [4.69, 9.17) is 14.7 Å². The predicted octanol–water partition coefficient (Wildman–Crippen LogP) is 2.60. The van der Waals surface area contributed by atoms with Crippen LogP contribution in [0.2, 0.25) is 0 Å². The summed E-state index contributed by atoms with van der Waals surface area (Å²) >= 11 is 0. The summed E-state index contributed by atoms with van der Waals surface area (Å²) in [5.74, 6) is 0.990. The van der Waals surface area contributed by atoms with Crippen molar-refractivity contribution in [3.05, 3.63) is 52.2 Å². The van der Waals surface area contributed by atoms with E-state index in [2.05, 4.69) is 10.1 Å². The van der Waals surface area contributed by atoms with Gasteiger partial charge in [-0.3, -0.25) is 10.1 Å². The number of oxime groups is 1. The van der Waals surface area contributed by atoms with E-state index in [0.29, 0.717) is 17.1 Å². The standard InChI is InChI=1S/C13H11N3O5/c1-20-12-6-9(7-15-17)2-4-11(12)21-13-5-3-10(8-14-13)16(18)19/h2-8,17H,1H3/b15-7+. The van der Waals surface area contributed by atoms with Crippen molar-refractivity contribution in [3.8, 4) is 17.4 Å². The Morgan fingerprint density at radius 3 is 2.71 bits per heavy atom. The normalized spacial score (nSPS) is 10.5. The summed E-state index contributed by atoms with van der Waals surface area (Å²) in [6.45, 7) is 0. The maximum Gasteiger partial charge on any atom is 0.287 e. The average molecular weight is 289 g/mol. The lowest BCUT2D eigenvalue weighted by atomic mass is 10.2. The molecule has 0 radical (unpaired) electrons. The summed E-state index contributed by atoms with van der Waals surface area (Å²) in [5.41, 5.74) is 0.502. The molecule has 1 heterocycles. The van der Waals surface area contributed by atoms with Crippen LogP contribution in [0.3, 0.4) is 0 Å². The van der Waals surface area contributed by atoms with Crippen molar-refractivity contribution in [1.82, 2.24) is 4.98 Å². The molecule has 2 rings (SSSR count). The first-order valence-electron chi connectivity index (χ1n) is 5.78. The molecule has 2 aromatic rings. The monoisotopic (exact) mass is 289 g/mol. The number of hydrogen-bond donors (Lipinski definition) is 1. The first-order chi connectivity index (χ1) is 10.1. The molecule has 8 nitrogen and oxygen atoms in total. The molecule has 0 aliphatic carbocycles. The second-order valence-electron chi connectivity index (χ2n) is 3.87. The highest BCUT2D eigenvalue weighted by Gasteiger charge is 2.10. The van der Waals surface area contributed by atoms with E-state index in [-0.39, 0.29) is 11.6 Å². The molecule has 0 spiro atoms. The first-order valence-corrected chi connectivity index (χ1v) is 5.78. The topological polar surface area (TPSA) is 107 Å². The Balaban J connectivity index is 2.24. The van der Waals surface area contributed by atoms with E-state index >= 15 is 0 Å². The molecule has 1 N–H and O–H groups in total. The first kappa shape index (κ1) is 14.3. The van der Waals surface area contributed by atoms with Crippen molar-refractivity contribution in [2.75, 3.05) is 7.11 Å². The van der Waals surface area contributed by atoms with E-state index in [0.717, 1.165) is 6.20 Å². The minimum Gasteiger partial charge on any atom is -0.493 e. The lowest BCUT2D eigenvalue weighted by Gasteiger charge is -2.09. The van der Waals surface area contributed by atoms with E-state index in [1.165, 1.54) is 25.5 Å². The smallest absolute Gasteiger partial charge is 0.287 e. The van der Waals surface area contributed by atoms with E-state index in [1.807, 2.05) is 0 Å². The van der Waals surface area contributed by atoms with Crippen molar-refractivity contribution in [3.63, 3.8) is 0 Å². The molecule has 0 bridgehead atoms. The Morgan fingerprint density at radius 2 is 2.14 bits per heavy atom. The average Bonchev–Trinajstić information content (AvgIpc) is 2.49. The van der Waals surface area contributed by atoms with E-state index in [9.17, 15) is 10.1 Å². The van der Waals surface area contributed by atoms with Crippen molar-refractivity contribution >= 4 is 11.9 Å². The lowest BCUT2D eigenvalue weighted by Crippen LogP contribution is -1.94. The van der Waals surface area contributed by atoms with Gasteiger partial charge in [0.2, 0.25) is 5.88 Å². The maximum absolute atomic E-state index is 10.5. The van der Waals surface area contributed by atoms with E-state index in [1.54, 1.807) is 18.2 Å². The second kappa shape index (κ2) is 6.33. The molecule has 0 atom stereocenters. The Bertz CT molecular complexity index is 670. The third-order valence-electron chi connectivity index (χ3n) is 2.54. The highest BCUT2D eigenvalue weighted by atomic mass is 16.6. The minimum atomic E-state index is -0.541. The van der Waals surface area contributed by atoms with Gasteiger partial charge in [0.15, 0.2) is 11.5 Å². The van der Waals surface area contributed by atoms with Crippen LogP contribution in [-0.2, 0) is 0 Å². The van der Waals surface area contributed by atoms with Gasteiger partial charge in [0.1, 0.15) is 6.20 Å². The number of aromatic nitrogens is 1. The van der Waals surface area contributed by atoms with Crippen LogP contribution in [0.5, 0.6) is 17.4 Å². The fraction of sp³-hybridized carbons (Fsp3) is 0.0769. The number of pyridine rings is 1. The number of hydrogen-bond acceptors (Lipinski definition) is 7. The summed E-state index contributed by atoms with van der Waals surface area (Å²) in [7, 11) is 1.46. The molecule has 0 saturated heterocycles. The Labute approximate surface area is 119 Å². The third kappa shape index (κ3) is 3.44. The predicted molar refractivity (Wildman–Crippen MR) is 73.3 cm³/mol. The fourth-order valence-electron chi connectivity index (χ4n) is 1.57. The number of ether oxygens (including phenoxy) is 2. The maximum atomic E-state index is 10.5. The van der Waals surface area contributed by atoms with Gasteiger partial charge >= 0.3 is 0 Å². The minimum absolute atomic E-state index is 0.121. The number of nitro groups is 1. The van der Waals surface area contributed by atoms with Crippen LogP contribution < -0.4 is 9.47 Å². The molecule has 0 aliphatic rings. The quantitative estimate of drug-likeness (QED) is 0.392. The van der Waals surface area contributed by atoms with E-state index < -0.39 is 4.92 Å². The molecule has 21 heavy (non-hydrogen) atoms. The zero-order valence-electron chi connectivity index (χ0n) is 11.0. The molecule has 0 amide bonds. The van der Waals surface area contributed by atoms with Gasteiger partial charge in [-0.25, -0.2) is 4.98 Å². The molecule has 0 aliphatic heterocycles. The van der Waals surface area contributed by atoms with Crippen molar-refractivity contribution in [1.29, 1.82) is 0 Å². The van der Waals surface area contributed by atoms with Crippen molar-refractivity contribution in [2.24, 2.45) is 5.16 Å². The number of nitrogens with zero attached hydrogens (tertiary/aromatic N) is 3. The summed E-state index contributed by atoms with van der Waals surface area (Å²) < 4.78 is 10.7. The van der Waals surface area contributed by atoms with Crippen LogP contribution >= 0.6 is 0 Å².